The van der Waals surface area contributed by atoms with Gasteiger partial charge in [-0.05, 0) is 17.7 Å². The van der Waals surface area contributed by atoms with Crippen molar-refractivity contribution in [2.24, 2.45) is 0 Å². The molecule has 21 heavy (non-hydrogen) atoms. The molecule has 0 radical (unpaired) electrons. The molecule has 0 aromatic carbocycles. The zero-order valence-electron chi connectivity index (χ0n) is 11.5. The van der Waals surface area contributed by atoms with Crippen molar-refractivity contribution in [3.63, 3.8) is 0 Å². The van der Waals surface area contributed by atoms with Crippen LogP contribution >= 0.6 is 11.6 Å². The molecule has 3 heterocycles. The predicted octanol–water partition coefficient (Wildman–Crippen LogP) is 1.14. The van der Waals surface area contributed by atoms with E-state index in [1.807, 2.05) is 24.5 Å². The van der Waals surface area contributed by atoms with Crippen LogP contribution in [0.3, 0.4) is 0 Å². The van der Waals surface area contributed by atoms with E-state index in [1.54, 1.807) is 6.20 Å². The number of hydrogen-bond acceptors (Lipinski definition) is 5. The Hall–Kier alpha value is -1.92. The topological polar surface area (TPSA) is 65.1 Å². The second-order valence-electron chi connectivity index (χ2n) is 5.02. The summed E-state index contributed by atoms with van der Waals surface area (Å²) in [6, 6.07) is 4.06. The largest absolute Gasteiger partial charge is 0.366 e. The maximum Gasteiger partial charge on any atom is 0.285 e. The molecule has 0 atom stereocenters. The average molecular weight is 306 g/mol. The van der Waals surface area contributed by atoms with Crippen molar-refractivity contribution in [3.8, 4) is 0 Å². The fourth-order valence-electron chi connectivity index (χ4n) is 2.49. The fourth-order valence-corrected chi connectivity index (χ4v) is 2.70. The lowest BCUT2D eigenvalue weighted by molar-refractivity contribution is 0.249. The van der Waals surface area contributed by atoms with E-state index in [2.05, 4.69) is 25.0 Å². The molecular weight excluding hydrogens is 290 g/mol. The molecule has 2 aromatic heterocycles. The Kier molecular flexibility index (Phi) is 4.17. The highest BCUT2D eigenvalue weighted by molar-refractivity contribution is 6.32. The van der Waals surface area contributed by atoms with Crippen LogP contribution in [-0.2, 0) is 6.54 Å². The minimum absolute atomic E-state index is 0.215. The number of hydrogen-bond donors (Lipinski definition) is 1. The minimum Gasteiger partial charge on any atom is -0.366 e. The molecule has 110 valence electrons. The highest BCUT2D eigenvalue weighted by atomic mass is 35.5. The Labute approximate surface area is 127 Å². The number of halogens is 1. The molecule has 1 saturated heterocycles. The average Bonchev–Trinajstić information content (AvgIpc) is 2.52. The van der Waals surface area contributed by atoms with Crippen LogP contribution in [-0.4, -0.2) is 46.3 Å². The zero-order chi connectivity index (χ0) is 14.7. The van der Waals surface area contributed by atoms with Crippen LogP contribution in [0.2, 0.25) is 5.02 Å². The summed E-state index contributed by atoms with van der Waals surface area (Å²) in [6.07, 6.45) is 5.24. The molecule has 1 fully saturated rings. The third-order valence-electron chi connectivity index (χ3n) is 3.65. The van der Waals surface area contributed by atoms with Crippen LogP contribution in [0, 0.1) is 0 Å². The standard InChI is InChI=1S/C14H16ClN5O/c15-13-12(9-17-18-14(13)21)20-7-5-19(6-8-20)10-11-1-3-16-4-2-11/h1-4,9H,5-8,10H2,(H,18,21). The molecule has 3 rings (SSSR count). The number of piperazine rings is 1. The van der Waals surface area contributed by atoms with Gasteiger partial charge in [0.15, 0.2) is 0 Å². The van der Waals surface area contributed by atoms with Crippen LogP contribution in [0.5, 0.6) is 0 Å². The predicted molar refractivity (Wildman–Crippen MR) is 81.6 cm³/mol. The fraction of sp³-hybridized carbons (Fsp3) is 0.357. The molecule has 0 unspecified atom stereocenters. The summed E-state index contributed by atoms with van der Waals surface area (Å²) >= 11 is 6.05. The highest BCUT2D eigenvalue weighted by Crippen LogP contribution is 2.22. The molecule has 0 bridgehead atoms. The first kappa shape index (κ1) is 14.0. The van der Waals surface area contributed by atoms with E-state index in [1.165, 1.54) is 5.56 Å². The van der Waals surface area contributed by atoms with Gasteiger partial charge in [0.05, 0.1) is 11.9 Å². The summed E-state index contributed by atoms with van der Waals surface area (Å²) in [5.41, 5.74) is 1.63. The first-order valence-electron chi connectivity index (χ1n) is 6.83. The molecule has 1 N–H and O–H groups in total. The number of aromatic amines is 1. The molecule has 0 amide bonds. The normalized spacial score (nSPS) is 16.1. The van der Waals surface area contributed by atoms with E-state index in [4.69, 9.17) is 11.6 Å². The number of anilines is 1. The number of nitrogens with one attached hydrogen (secondary N) is 1. The highest BCUT2D eigenvalue weighted by Gasteiger charge is 2.20. The molecule has 0 spiro atoms. The van der Waals surface area contributed by atoms with Crippen LogP contribution < -0.4 is 10.5 Å². The Morgan fingerprint density at radius 3 is 2.62 bits per heavy atom. The van der Waals surface area contributed by atoms with E-state index in [9.17, 15) is 4.79 Å². The molecule has 0 saturated carbocycles. The van der Waals surface area contributed by atoms with Gasteiger partial charge in [-0.1, -0.05) is 11.6 Å². The van der Waals surface area contributed by atoms with E-state index < -0.39 is 0 Å². The molecule has 0 aliphatic carbocycles. The molecule has 1 aliphatic rings. The second kappa shape index (κ2) is 6.24. The van der Waals surface area contributed by atoms with Crippen molar-refractivity contribution >= 4 is 17.3 Å². The van der Waals surface area contributed by atoms with Gasteiger partial charge < -0.3 is 4.90 Å². The van der Waals surface area contributed by atoms with Gasteiger partial charge in [0, 0.05) is 45.1 Å². The van der Waals surface area contributed by atoms with Crippen molar-refractivity contribution in [1.82, 2.24) is 20.1 Å². The summed E-state index contributed by atoms with van der Waals surface area (Å²) in [5.74, 6) is 0. The van der Waals surface area contributed by atoms with E-state index in [0.717, 1.165) is 32.7 Å². The first-order valence-corrected chi connectivity index (χ1v) is 7.21. The number of pyridine rings is 1. The maximum absolute atomic E-state index is 11.5. The van der Waals surface area contributed by atoms with Crippen LogP contribution in [0.15, 0.2) is 35.5 Å². The van der Waals surface area contributed by atoms with Gasteiger partial charge in [0.2, 0.25) is 0 Å². The molecular formula is C14H16ClN5O. The quantitative estimate of drug-likeness (QED) is 0.921. The Balaban J connectivity index is 1.63. The van der Waals surface area contributed by atoms with Gasteiger partial charge in [0.25, 0.3) is 5.56 Å². The minimum atomic E-state index is -0.339. The van der Waals surface area contributed by atoms with Crippen LogP contribution in [0.1, 0.15) is 5.56 Å². The monoisotopic (exact) mass is 305 g/mol. The van der Waals surface area contributed by atoms with Crippen molar-refractivity contribution in [2.45, 2.75) is 6.54 Å². The number of rotatable bonds is 3. The third kappa shape index (κ3) is 3.22. The SMILES string of the molecule is O=c1[nH]ncc(N2CCN(Cc3ccncc3)CC2)c1Cl. The van der Waals surface area contributed by atoms with Gasteiger partial charge in [-0.2, -0.15) is 5.10 Å². The van der Waals surface area contributed by atoms with Crippen LogP contribution in [0.4, 0.5) is 5.69 Å². The smallest absolute Gasteiger partial charge is 0.285 e. The summed E-state index contributed by atoms with van der Waals surface area (Å²) in [5, 5.41) is 6.38. The maximum atomic E-state index is 11.5. The first-order chi connectivity index (χ1) is 10.2. The summed E-state index contributed by atoms with van der Waals surface area (Å²) < 4.78 is 0. The number of nitrogens with zero attached hydrogens (tertiary/aromatic N) is 4. The lowest BCUT2D eigenvalue weighted by Crippen LogP contribution is -2.46. The van der Waals surface area contributed by atoms with Crippen molar-refractivity contribution in [3.05, 3.63) is 51.7 Å². The van der Waals surface area contributed by atoms with Crippen molar-refractivity contribution < 1.29 is 0 Å². The second-order valence-corrected chi connectivity index (χ2v) is 5.39. The summed E-state index contributed by atoms with van der Waals surface area (Å²) in [4.78, 5) is 20.0. The van der Waals surface area contributed by atoms with Gasteiger partial charge in [-0.3, -0.25) is 14.7 Å². The molecule has 6 nitrogen and oxygen atoms in total. The molecule has 2 aromatic rings. The van der Waals surface area contributed by atoms with E-state index in [0.29, 0.717) is 5.69 Å². The van der Waals surface area contributed by atoms with E-state index in [-0.39, 0.29) is 10.6 Å². The molecule has 1 aliphatic heterocycles. The van der Waals surface area contributed by atoms with Crippen LogP contribution in [0.25, 0.3) is 0 Å². The lowest BCUT2D eigenvalue weighted by Gasteiger charge is -2.36. The Morgan fingerprint density at radius 2 is 1.90 bits per heavy atom. The van der Waals surface area contributed by atoms with Gasteiger partial charge >= 0.3 is 0 Å². The Bertz CT molecular complexity index is 652. The zero-order valence-corrected chi connectivity index (χ0v) is 12.3. The van der Waals surface area contributed by atoms with Gasteiger partial charge in [-0.15, -0.1) is 0 Å². The summed E-state index contributed by atoms with van der Waals surface area (Å²) in [7, 11) is 0. The van der Waals surface area contributed by atoms with Gasteiger partial charge in [-0.25, -0.2) is 5.10 Å². The van der Waals surface area contributed by atoms with Crippen molar-refractivity contribution in [1.29, 1.82) is 0 Å². The van der Waals surface area contributed by atoms with Gasteiger partial charge in [0.1, 0.15) is 5.02 Å². The molecule has 7 heteroatoms. The van der Waals surface area contributed by atoms with E-state index >= 15 is 0 Å². The third-order valence-corrected chi connectivity index (χ3v) is 4.01. The number of aromatic nitrogens is 3. The Morgan fingerprint density at radius 1 is 1.19 bits per heavy atom. The lowest BCUT2D eigenvalue weighted by atomic mass is 10.2. The van der Waals surface area contributed by atoms with Crippen molar-refractivity contribution in [2.75, 3.05) is 31.1 Å². The number of H-pyrrole nitrogens is 1. The summed E-state index contributed by atoms with van der Waals surface area (Å²) in [6.45, 7) is 4.42.